The van der Waals surface area contributed by atoms with Crippen molar-refractivity contribution in [1.82, 2.24) is 0 Å². The molecule has 42 heavy (non-hydrogen) atoms. The van der Waals surface area contributed by atoms with E-state index in [0.29, 0.717) is 18.2 Å². The van der Waals surface area contributed by atoms with Gasteiger partial charge in [0.15, 0.2) is 23.3 Å². The lowest BCUT2D eigenvalue weighted by atomic mass is 9.99. The lowest BCUT2D eigenvalue weighted by molar-refractivity contribution is -0.185. The summed E-state index contributed by atoms with van der Waals surface area (Å²) in [5, 5.41) is 0. The molecule has 0 saturated carbocycles. The Kier molecular flexibility index (Phi) is 9.14. The van der Waals surface area contributed by atoms with Crippen LogP contribution in [-0.2, 0) is 6.11 Å². The topological polar surface area (TPSA) is 9.23 Å². The SMILES string of the molecule is C/C=C/CC/C(F)=C(\F)c1ccc(C(F)(F)Oc2ccc(-c3ccc(-c4cc(F)c(F)c(F)c4)c(F)c3)c(F)c2)cc1. The average molecular weight is 593 g/mol. The zero-order valence-corrected chi connectivity index (χ0v) is 21.8. The van der Waals surface area contributed by atoms with Gasteiger partial charge in [0.1, 0.15) is 23.2 Å². The first kappa shape index (κ1) is 30.5. The first-order valence-corrected chi connectivity index (χ1v) is 12.5. The molecule has 0 fully saturated rings. The molecule has 0 radical (unpaired) electrons. The highest BCUT2D eigenvalue weighted by molar-refractivity contribution is 5.72. The molecule has 0 heterocycles. The van der Waals surface area contributed by atoms with Gasteiger partial charge in [-0.1, -0.05) is 36.4 Å². The van der Waals surface area contributed by atoms with E-state index in [4.69, 9.17) is 0 Å². The van der Waals surface area contributed by atoms with Gasteiger partial charge in [-0.15, -0.1) is 0 Å². The third-order valence-corrected chi connectivity index (χ3v) is 6.24. The van der Waals surface area contributed by atoms with Crippen LogP contribution in [0.4, 0.5) is 39.5 Å². The minimum atomic E-state index is -3.98. The van der Waals surface area contributed by atoms with E-state index in [1.165, 1.54) is 6.07 Å². The van der Waals surface area contributed by atoms with Crippen LogP contribution in [0.25, 0.3) is 28.1 Å². The van der Waals surface area contributed by atoms with Gasteiger partial charge in [0, 0.05) is 29.2 Å². The largest absolute Gasteiger partial charge is 0.429 e. The number of halogens is 9. The smallest absolute Gasteiger partial charge is 0.426 e. The van der Waals surface area contributed by atoms with E-state index in [1.54, 1.807) is 19.1 Å². The number of benzene rings is 4. The summed E-state index contributed by atoms with van der Waals surface area (Å²) >= 11 is 0. The average Bonchev–Trinajstić information content (AvgIpc) is 2.95. The van der Waals surface area contributed by atoms with E-state index in [0.717, 1.165) is 48.5 Å². The van der Waals surface area contributed by atoms with Crippen molar-refractivity contribution in [2.45, 2.75) is 25.9 Å². The van der Waals surface area contributed by atoms with Gasteiger partial charge < -0.3 is 4.74 Å². The second-order valence-corrected chi connectivity index (χ2v) is 9.11. The maximum Gasteiger partial charge on any atom is 0.426 e. The number of rotatable bonds is 9. The van der Waals surface area contributed by atoms with Crippen LogP contribution in [0, 0.1) is 29.1 Å². The molecule has 10 heteroatoms. The molecule has 0 unspecified atom stereocenters. The summed E-state index contributed by atoms with van der Waals surface area (Å²) in [5.41, 5.74) is -1.74. The molecule has 0 saturated heterocycles. The maximum absolute atomic E-state index is 14.9. The van der Waals surface area contributed by atoms with E-state index < -0.39 is 58.2 Å². The molecule has 0 atom stereocenters. The molecule has 4 aromatic carbocycles. The summed E-state index contributed by atoms with van der Waals surface area (Å²) in [6.45, 7) is 1.73. The summed E-state index contributed by atoms with van der Waals surface area (Å²) in [6.07, 6.45) is -0.564. The van der Waals surface area contributed by atoms with E-state index in [2.05, 4.69) is 4.74 Å². The van der Waals surface area contributed by atoms with Crippen molar-refractivity contribution >= 4 is 5.83 Å². The second-order valence-electron chi connectivity index (χ2n) is 9.11. The third kappa shape index (κ3) is 6.70. The minimum absolute atomic E-state index is 0.0289. The zero-order valence-electron chi connectivity index (χ0n) is 21.8. The number of alkyl halides is 2. The van der Waals surface area contributed by atoms with Gasteiger partial charge in [0.25, 0.3) is 0 Å². The number of allylic oxidation sites excluding steroid dienone is 3. The molecule has 0 aromatic heterocycles. The van der Waals surface area contributed by atoms with Gasteiger partial charge in [0.2, 0.25) is 0 Å². The van der Waals surface area contributed by atoms with Gasteiger partial charge in [-0.05, 0) is 66.9 Å². The van der Waals surface area contributed by atoms with Gasteiger partial charge in [0.05, 0.1) is 5.56 Å². The molecular weight excluding hydrogens is 571 g/mol. The summed E-state index contributed by atoms with van der Waals surface area (Å²) in [5.74, 6) is -9.58. The fourth-order valence-electron chi connectivity index (χ4n) is 4.08. The monoisotopic (exact) mass is 592 g/mol. The lowest BCUT2D eigenvalue weighted by Crippen LogP contribution is -2.21. The summed E-state index contributed by atoms with van der Waals surface area (Å²) in [6, 6.07) is 10.8. The van der Waals surface area contributed by atoms with Gasteiger partial charge >= 0.3 is 6.11 Å². The highest BCUT2D eigenvalue weighted by Crippen LogP contribution is 2.36. The highest BCUT2D eigenvalue weighted by atomic mass is 19.3. The first-order chi connectivity index (χ1) is 19.9. The summed E-state index contributed by atoms with van der Waals surface area (Å²) in [7, 11) is 0. The molecule has 1 nitrogen and oxygen atoms in total. The van der Waals surface area contributed by atoms with Crippen LogP contribution in [0.1, 0.15) is 30.9 Å². The molecule has 0 N–H and O–H groups in total. The Hall–Kier alpha value is -4.47. The standard InChI is InChI=1S/C32H21F9O/c1-2-3-4-5-25(33)30(38)18-6-9-21(10-7-18)32(40,41)42-22-11-13-23(27(35)17-22)19-8-12-24(26(34)14-19)20-15-28(36)31(39)29(37)16-20/h2-3,6-17H,4-5H2,1H3/b3-2+,30-25+. The van der Waals surface area contributed by atoms with Crippen molar-refractivity contribution < 1.29 is 44.3 Å². The predicted octanol–water partition coefficient (Wildman–Crippen LogP) is 10.8. The first-order valence-electron chi connectivity index (χ1n) is 12.5. The van der Waals surface area contributed by atoms with E-state index in [9.17, 15) is 39.5 Å². The molecule has 0 aliphatic rings. The molecule has 0 amide bonds. The Bertz CT molecular complexity index is 1630. The Labute approximate surface area is 235 Å². The molecule has 0 aliphatic carbocycles. The summed E-state index contributed by atoms with van der Waals surface area (Å²) < 4.78 is 132. The second kappa shape index (κ2) is 12.6. The van der Waals surface area contributed by atoms with Crippen molar-refractivity contribution in [2.24, 2.45) is 0 Å². The number of hydrogen-bond acceptors (Lipinski definition) is 1. The lowest BCUT2D eigenvalue weighted by Gasteiger charge is -2.19. The van der Waals surface area contributed by atoms with Gasteiger partial charge in [-0.2, -0.15) is 8.78 Å². The minimum Gasteiger partial charge on any atom is -0.429 e. The van der Waals surface area contributed by atoms with Crippen molar-refractivity contribution in [3.8, 4) is 28.0 Å². The van der Waals surface area contributed by atoms with Crippen LogP contribution in [0.2, 0.25) is 0 Å². The van der Waals surface area contributed by atoms with Crippen molar-refractivity contribution in [3.63, 3.8) is 0 Å². The number of hydrogen-bond donors (Lipinski definition) is 0. The number of ether oxygens (including phenoxy) is 1. The van der Waals surface area contributed by atoms with E-state index in [1.807, 2.05) is 0 Å². The molecule has 218 valence electrons. The maximum atomic E-state index is 14.9. The highest BCUT2D eigenvalue weighted by Gasteiger charge is 2.35. The van der Waals surface area contributed by atoms with Crippen molar-refractivity contribution in [1.29, 1.82) is 0 Å². The third-order valence-electron chi connectivity index (χ3n) is 6.24. The zero-order chi connectivity index (χ0) is 30.6. The Balaban J connectivity index is 1.52. The molecule has 4 aromatic rings. The van der Waals surface area contributed by atoms with Crippen LogP contribution in [0.3, 0.4) is 0 Å². The van der Waals surface area contributed by atoms with Crippen LogP contribution >= 0.6 is 0 Å². The molecular formula is C32H21F9O. The Morgan fingerprint density at radius 2 is 1.29 bits per heavy atom. The molecule has 0 aliphatic heterocycles. The van der Waals surface area contributed by atoms with Gasteiger partial charge in [-0.3, -0.25) is 0 Å². The summed E-state index contributed by atoms with van der Waals surface area (Å²) in [4.78, 5) is 0. The van der Waals surface area contributed by atoms with Crippen molar-refractivity contribution in [2.75, 3.05) is 0 Å². The fraction of sp³-hybridized carbons (Fsp3) is 0.125. The fourth-order valence-corrected chi connectivity index (χ4v) is 4.08. The molecule has 4 rings (SSSR count). The normalized spacial score (nSPS) is 12.5. The quantitative estimate of drug-likeness (QED) is 0.107. The Morgan fingerprint density at radius 1 is 0.714 bits per heavy atom. The molecule has 0 spiro atoms. The van der Waals surface area contributed by atoms with Crippen LogP contribution in [0.15, 0.2) is 90.8 Å². The van der Waals surface area contributed by atoms with Crippen LogP contribution in [-0.4, -0.2) is 0 Å². The van der Waals surface area contributed by atoms with Crippen LogP contribution < -0.4 is 4.74 Å². The Morgan fingerprint density at radius 3 is 1.88 bits per heavy atom. The molecule has 0 bridgehead atoms. The predicted molar refractivity (Wildman–Crippen MR) is 141 cm³/mol. The van der Waals surface area contributed by atoms with E-state index >= 15 is 0 Å². The van der Waals surface area contributed by atoms with Crippen LogP contribution in [0.5, 0.6) is 5.75 Å². The van der Waals surface area contributed by atoms with Crippen molar-refractivity contribution in [3.05, 3.63) is 131 Å². The van der Waals surface area contributed by atoms with Gasteiger partial charge in [-0.25, -0.2) is 30.7 Å². The van der Waals surface area contributed by atoms with E-state index in [-0.39, 0.29) is 40.7 Å².